The number of hydrogen-bond acceptors (Lipinski definition) is 2. The minimum absolute atomic E-state index is 0. The maximum absolute atomic E-state index is 7.99. The lowest BCUT2D eigenvalue weighted by Crippen LogP contribution is -2.00. The highest BCUT2D eigenvalue weighted by Gasteiger charge is 2.09. The summed E-state index contributed by atoms with van der Waals surface area (Å²) in [5.74, 6) is 0. The summed E-state index contributed by atoms with van der Waals surface area (Å²) in [6.45, 7) is 4.25. The third-order valence-corrected chi connectivity index (χ3v) is 3.61. The van der Waals surface area contributed by atoms with Gasteiger partial charge in [0.25, 0.3) is 0 Å². The van der Waals surface area contributed by atoms with Crippen molar-refractivity contribution in [2.75, 3.05) is 0 Å². The molecule has 0 fully saturated rings. The molecule has 0 radical (unpaired) electrons. The Bertz CT molecular complexity index is 546. The molecule has 0 atom stereocenters. The summed E-state index contributed by atoms with van der Waals surface area (Å²) in [6.07, 6.45) is 2.88. The van der Waals surface area contributed by atoms with Gasteiger partial charge in [0.15, 0.2) is 0 Å². The molecule has 0 unspecified atom stereocenters. The topological polar surface area (TPSA) is 28.8 Å². The smallest absolute Gasteiger partial charge is 0.0688 e. The number of thioether (sulfide) groups is 1. The van der Waals surface area contributed by atoms with E-state index in [0.29, 0.717) is 5.25 Å². The number of nitrogens with one attached hydrogen (secondary N) is 1. The molecule has 0 saturated heterocycles. The van der Waals surface area contributed by atoms with Gasteiger partial charge in [-0.25, -0.2) is 0 Å². The van der Waals surface area contributed by atoms with E-state index in [4.69, 9.17) is 5.41 Å². The van der Waals surface area contributed by atoms with Crippen LogP contribution in [0, 0.1) is 5.41 Å². The Hall–Kier alpha value is -0.930. The number of benzene rings is 1. The predicted octanol–water partition coefficient (Wildman–Crippen LogP) is 4.26. The maximum atomic E-state index is 7.99. The number of hydrogen-bond donors (Lipinski definition) is 1. The summed E-state index contributed by atoms with van der Waals surface area (Å²) in [7, 11) is 2.06. The summed E-state index contributed by atoms with van der Waals surface area (Å²) < 4.78 is 2.14. The third kappa shape index (κ3) is 3.30. The van der Waals surface area contributed by atoms with E-state index in [0.717, 1.165) is 11.5 Å². The van der Waals surface area contributed by atoms with Crippen LogP contribution in [0.4, 0.5) is 0 Å². The van der Waals surface area contributed by atoms with E-state index in [1.54, 1.807) is 11.8 Å². The molecule has 2 aromatic rings. The molecule has 0 spiro atoms. The van der Waals surface area contributed by atoms with E-state index >= 15 is 0 Å². The molecule has 4 heteroatoms. The van der Waals surface area contributed by atoms with Crippen molar-refractivity contribution in [1.82, 2.24) is 4.57 Å². The van der Waals surface area contributed by atoms with Crippen LogP contribution in [-0.4, -0.2) is 14.9 Å². The van der Waals surface area contributed by atoms with E-state index in [-0.39, 0.29) is 12.4 Å². The van der Waals surface area contributed by atoms with Gasteiger partial charge in [0.1, 0.15) is 0 Å². The number of halogens is 1. The number of nitrogens with zero attached hydrogens (tertiary/aromatic N) is 1. The van der Waals surface area contributed by atoms with Crippen molar-refractivity contribution < 1.29 is 0 Å². The van der Waals surface area contributed by atoms with Crippen LogP contribution in [0.5, 0.6) is 0 Å². The fraction of sp³-hybridized carbons (Fsp3) is 0.357. The van der Waals surface area contributed by atoms with Crippen molar-refractivity contribution >= 4 is 40.1 Å². The minimum Gasteiger partial charge on any atom is -0.350 e. The number of fused-ring (bicyclic) bond motifs is 1. The second-order valence-electron chi connectivity index (χ2n) is 4.55. The molecule has 1 heterocycles. The zero-order valence-corrected chi connectivity index (χ0v) is 12.6. The first kappa shape index (κ1) is 15.1. The quantitative estimate of drug-likeness (QED) is 0.661. The Kier molecular flexibility index (Phi) is 5.29. The van der Waals surface area contributed by atoms with Gasteiger partial charge in [0.05, 0.1) is 5.04 Å². The first-order valence-electron chi connectivity index (χ1n) is 5.85. The van der Waals surface area contributed by atoms with Crippen molar-refractivity contribution in [3.63, 3.8) is 0 Å². The van der Waals surface area contributed by atoms with Gasteiger partial charge in [-0.2, -0.15) is 0 Å². The maximum Gasteiger partial charge on any atom is 0.0688 e. The number of aryl methyl sites for hydroxylation is 1. The highest BCUT2D eigenvalue weighted by atomic mass is 35.5. The lowest BCUT2D eigenvalue weighted by molar-refractivity contribution is 0.961. The lowest BCUT2D eigenvalue weighted by atomic mass is 10.1. The van der Waals surface area contributed by atoms with Gasteiger partial charge < -0.3 is 4.57 Å². The number of aromatic nitrogens is 1. The van der Waals surface area contributed by atoms with E-state index in [9.17, 15) is 0 Å². The van der Waals surface area contributed by atoms with Gasteiger partial charge in [-0.3, -0.25) is 5.41 Å². The Morgan fingerprint density at radius 2 is 2.00 bits per heavy atom. The van der Waals surface area contributed by atoms with Crippen LogP contribution >= 0.6 is 24.2 Å². The Morgan fingerprint density at radius 3 is 2.67 bits per heavy atom. The van der Waals surface area contributed by atoms with Crippen LogP contribution < -0.4 is 0 Å². The zero-order valence-electron chi connectivity index (χ0n) is 10.9. The molecule has 1 N–H and O–H groups in total. The normalized spacial score (nSPS) is 10.7. The average molecular weight is 283 g/mol. The van der Waals surface area contributed by atoms with E-state index in [1.807, 2.05) is 0 Å². The molecule has 1 aromatic heterocycles. The average Bonchev–Trinajstić information content (AvgIpc) is 2.55. The number of para-hydroxylation sites is 1. The van der Waals surface area contributed by atoms with Crippen molar-refractivity contribution in [3.05, 3.63) is 36.0 Å². The standard InChI is InChI=1S/C14H18N2S.ClH/c1-10(2)17-14(15)8-11-9-16(3)13-7-5-4-6-12(11)13;/h4-7,9-10,15H,8H2,1-3H3;1H. The van der Waals surface area contributed by atoms with Gasteiger partial charge in [0.2, 0.25) is 0 Å². The largest absolute Gasteiger partial charge is 0.350 e. The van der Waals surface area contributed by atoms with Crippen molar-refractivity contribution in [1.29, 1.82) is 5.41 Å². The lowest BCUT2D eigenvalue weighted by Gasteiger charge is -2.05. The second kappa shape index (κ2) is 6.30. The molecule has 1 aromatic carbocycles. The minimum atomic E-state index is 0. The van der Waals surface area contributed by atoms with Crippen molar-refractivity contribution in [2.45, 2.75) is 25.5 Å². The highest BCUT2D eigenvalue weighted by molar-refractivity contribution is 8.14. The van der Waals surface area contributed by atoms with E-state index < -0.39 is 0 Å². The molecule has 18 heavy (non-hydrogen) atoms. The monoisotopic (exact) mass is 282 g/mol. The molecule has 0 aliphatic heterocycles. The van der Waals surface area contributed by atoms with Gasteiger partial charge in [-0.15, -0.1) is 24.2 Å². The molecule has 2 rings (SSSR count). The second-order valence-corrected chi connectivity index (χ2v) is 6.22. The molecule has 98 valence electrons. The van der Waals surface area contributed by atoms with Crippen LogP contribution in [0.25, 0.3) is 10.9 Å². The summed E-state index contributed by atoms with van der Waals surface area (Å²) in [5, 5.41) is 10.5. The first-order valence-corrected chi connectivity index (χ1v) is 6.73. The van der Waals surface area contributed by atoms with E-state index in [1.165, 1.54) is 16.5 Å². The summed E-state index contributed by atoms with van der Waals surface area (Å²) in [4.78, 5) is 0. The zero-order chi connectivity index (χ0) is 12.4. The van der Waals surface area contributed by atoms with Crippen molar-refractivity contribution in [2.24, 2.45) is 7.05 Å². The van der Waals surface area contributed by atoms with Crippen LogP contribution in [0.3, 0.4) is 0 Å². The van der Waals surface area contributed by atoms with Crippen LogP contribution in [0.15, 0.2) is 30.5 Å². The summed E-state index contributed by atoms with van der Waals surface area (Å²) in [5.41, 5.74) is 2.49. The van der Waals surface area contributed by atoms with Crippen LogP contribution in [0.1, 0.15) is 19.4 Å². The number of rotatable bonds is 3. The molecular formula is C14H19ClN2S. The Balaban J connectivity index is 0.00000162. The molecule has 0 bridgehead atoms. The van der Waals surface area contributed by atoms with Gasteiger partial charge in [-0.05, 0) is 11.6 Å². The van der Waals surface area contributed by atoms with E-state index in [2.05, 4.69) is 55.9 Å². The molecule has 0 amide bonds. The van der Waals surface area contributed by atoms with Crippen molar-refractivity contribution in [3.8, 4) is 0 Å². The van der Waals surface area contributed by atoms with Gasteiger partial charge in [0, 0.05) is 35.8 Å². The fourth-order valence-corrected chi connectivity index (χ4v) is 2.87. The van der Waals surface area contributed by atoms with Crippen LogP contribution in [0.2, 0.25) is 0 Å². The molecule has 0 aliphatic carbocycles. The molecule has 0 saturated carbocycles. The van der Waals surface area contributed by atoms with Gasteiger partial charge >= 0.3 is 0 Å². The molecule has 2 nitrogen and oxygen atoms in total. The molecule has 0 aliphatic rings. The Labute approximate surface area is 119 Å². The first-order chi connectivity index (χ1) is 8.08. The summed E-state index contributed by atoms with van der Waals surface area (Å²) in [6, 6.07) is 8.38. The summed E-state index contributed by atoms with van der Waals surface area (Å²) >= 11 is 1.64. The fourth-order valence-electron chi connectivity index (χ4n) is 2.07. The molecular weight excluding hydrogens is 264 g/mol. The van der Waals surface area contributed by atoms with Crippen LogP contribution in [-0.2, 0) is 13.5 Å². The third-order valence-electron chi connectivity index (χ3n) is 2.71. The predicted molar refractivity (Wildman–Crippen MR) is 84.3 cm³/mol. The Morgan fingerprint density at radius 1 is 1.33 bits per heavy atom. The SMILES string of the molecule is CC(C)SC(=N)Cc1cn(C)c2ccccc12.Cl. The highest BCUT2D eigenvalue weighted by Crippen LogP contribution is 2.23. The van der Waals surface area contributed by atoms with Gasteiger partial charge in [-0.1, -0.05) is 32.0 Å².